The Morgan fingerprint density at radius 3 is 2.17 bits per heavy atom. The van der Waals surface area contributed by atoms with Crippen molar-refractivity contribution in [3.8, 4) is 22.6 Å². The van der Waals surface area contributed by atoms with Gasteiger partial charge in [0.1, 0.15) is 0 Å². The molecule has 116 valence electrons. The van der Waals surface area contributed by atoms with Crippen LogP contribution in [-0.4, -0.2) is 9.97 Å². The van der Waals surface area contributed by atoms with Gasteiger partial charge < -0.3 is 0 Å². The van der Waals surface area contributed by atoms with E-state index in [1.54, 1.807) is 0 Å². The van der Waals surface area contributed by atoms with Crippen molar-refractivity contribution < 1.29 is 0 Å². The number of aromatic nitrogens is 2. The van der Waals surface area contributed by atoms with E-state index in [9.17, 15) is 0 Å². The van der Waals surface area contributed by atoms with Crippen LogP contribution in [0, 0.1) is 6.92 Å². The molecule has 2 aromatic carbocycles. The molecule has 0 fully saturated rings. The van der Waals surface area contributed by atoms with Crippen molar-refractivity contribution >= 4 is 0 Å². The average molecular weight is 302 g/mol. The summed E-state index contributed by atoms with van der Waals surface area (Å²) >= 11 is 0. The third kappa shape index (κ3) is 3.31. The van der Waals surface area contributed by atoms with Crippen molar-refractivity contribution in [3.63, 3.8) is 0 Å². The third-order valence-electron chi connectivity index (χ3n) is 4.09. The van der Waals surface area contributed by atoms with Gasteiger partial charge >= 0.3 is 0 Å². The van der Waals surface area contributed by atoms with Crippen molar-refractivity contribution in [1.82, 2.24) is 9.97 Å². The summed E-state index contributed by atoms with van der Waals surface area (Å²) in [5.41, 5.74) is 5.84. The molecule has 0 unspecified atom stereocenters. The van der Waals surface area contributed by atoms with Crippen LogP contribution in [-0.2, 0) is 5.41 Å². The highest BCUT2D eigenvalue weighted by atomic mass is 14.9. The Balaban J connectivity index is 1.99. The second kappa shape index (κ2) is 5.96. The van der Waals surface area contributed by atoms with Crippen LogP contribution >= 0.6 is 0 Å². The largest absolute Gasteiger partial charge is 0.237 e. The van der Waals surface area contributed by atoms with Gasteiger partial charge in [-0.25, -0.2) is 9.97 Å². The van der Waals surface area contributed by atoms with Gasteiger partial charge in [0.15, 0.2) is 5.82 Å². The maximum Gasteiger partial charge on any atom is 0.160 e. The quantitative estimate of drug-likeness (QED) is 0.632. The topological polar surface area (TPSA) is 25.8 Å². The predicted molar refractivity (Wildman–Crippen MR) is 96.3 cm³/mol. The summed E-state index contributed by atoms with van der Waals surface area (Å²) in [5.74, 6) is 0.778. The maximum absolute atomic E-state index is 4.75. The molecule has 2 nitrogen and oxygen atoms in total. The molecule has 0 aliphatic rings. The SMILES string of the molecule is Cc1ccccc1-c1nccc(-c2ccc(C(C)(C)C)cc2)n1. The smallest absolute Gasteiger partial charge is 0.160 e. The standard InChI is InChI=1S/C21H22N2/c1-15-7-5-6-8-18(15)20-22-14-13-19(23-20)16-9-11-17(12-10-16)21(2,3)4/h5-14H,1-4H3. The molecule has 2 heteroatoms. The number of hydrogen-bond donors (Lipinski definition) is 0. The second-order valence-electron chi connectivity index (χ2n) is 6.91. The first kappa shape index (κ1) is 15.4. The van der Waals surface area contributed by atoms with Crippen LogP contribution in [0.3, 0.4) is 0 Å². The Bertz CT molecular complexity index is 812. The zero-order valence-electron chi connectivity index (χ0n) is 14.2. The van der Waals surface area contributed by atoms with E-state index in [1.807, 2.05) is 24.4 Å². The highest BCUT2D eigenvalue weighted by molar-refractivity contribution is 5.65. The lowest BCUT2D eigenvalue weighted by atomic mass is 9.86. The highest BCUT2D eigenvalue weighted by Crippen LogP contribution is 2.26. The summed E-state index contributed by atoms with van der Waals surface area (Å²) in [4.78, 5) is 9.20. The lowest BCUT2D eigenvalue weighted by Gasteiger charge is -2.19. The minimum absolute atomic E-state index is 0.163. The monoisotopic (exact) mass is 302 g/mol. The Hall–Kier alpha value is -2.48. The molecule has 3 aromatic rings. The van der Waals surface area contributed by atoms with Crippen molar-refractivity contribution in [2.75, 3.05) is 0 Å². The summed E-state index contributed by atoms with van der Waals surface area (Å²) in [5, 5.41) is 0. The van der Waals surface area contributed by atoms with Crippen LogP contribution < -0.4 is 0 Å². The number of rotatable bonds is 2. The fourth-order valence-corrected chi connectivity index (χ4v) is 2.61. The minimum Gasteiger partial charge on any atom is -0.237 e. The van der Waals surface area contributed by atoms with Gasteiger partial charge in [0.05, 0.1) is 5.69 Å². The lowest BCUT2D eigenvalue weighted by Crippen LogP contribution is -2.10. The molecule has 0 aliphatic heterocycles. The first-order chi connectivity index (χ1) is 10.9. The van der Waals surface area contributed by atoms with E-state index < -0.39 is 0 Å². The molecule has 3 rings (SSSR count). The Labute approximate surface area is 138 Å². The van der Waals surface area contributed by atoms with Gasteiger partial charge in [0.2, 0.25) is 0 Å². The van der Waals surface area contributed by atoms with Gasteiger partial charge in [-0.15, -0.1) is 0 Å². The highest BCUT2D eigenvalue weighted by Gasteiger charge is 2.13. The molecule has 0 bridgehead atoms. The number of nitrogens with zero attached hydrogens (tertiary/aromatic N) is 2. The van der Waals surface area contributed by atoms with Crippen molar-refractivity contribution in [3.05, 3.63) is 71.9 Å². The molecule has 0 saturated heterocycles. The first-order valence-corrected chi connectivity index (χ1v) is 7.95. The minimum atomic E-state index is 0.163. The zero-order valence-corrected chi connectivity index (χ0v) is 14.2. The van der Waals surface area contributed by atoms with Crippen LogP contribution in [0.2, 0.25) is 0 Å². The summed E-state index contributed by atoms with van der Waals surface area (Å²) in [6, 6.07) is 18.8. The molecule has 0 spiro atoms. The van der Waals surface area contributed by atoms with E-state index in [-0.39, 0.29) is 5.41 Å². The van der Waals surface area contributed by atoms with Crippen LogP contribution in [0.15, 0.2) is 60.8 Å². The van der Waals surface area contributed by atoms with E-state index >= 15 is 0 Å². The molecule has 0 atom stereocenters. The predicted octanol–water partition coefficient (Wildman–Crippen LogP) is 5.42. The van der Waals surface area contributed by atoms with E-state index in [0.29, 0.717) is 0 Å². The Morgan fingerprint density at radius 1 is 0.826 bits per heavy atom. The summed E-state index contributed by atoms with van der Waals surface area (Å²) in [7, 11) is 0. The molecule has 0 amide bonds. The third-order valence-corrected chi connectivity index (χ3v) is 4.09. The van der Waals surface area contributed by atoms with Gasteiger partial charge in [-0.05, 0) is 29.5 Å². The molecule has 0 N–H and O–H groups in total. The first-order valence-electron chi connectivity index (χ1n) is 7.95. The van der Waals surface area contributed by atoms with Gasteiger partial charge in [0.25, 0.3) is 0 Å². The summed E-state index contributed by atoms with van der Waals surface area (Å²) < 4.78 is 0. The molecule has 0 aliphatic carbocycles. The summed E-state index contributed by atoms with van der Waals surface area (Å²) in [6.45, 7) is 8.76. The molecule has 1 heterocycles. The van der Waals surface area contributed by atoms with Crippen LogP contribution in [0.1, 0.15) is 31.9 Å². The fraction of sp³-hybridized carbons (Fsp3) is 0.238. The van der Waals surface area contributed by atoms with Crippen molar-refractivity contribution in [2.45, 2.75) is 33.1 Å². The molecular weight excluding hydrogens is 280 g/mol. The number of benzene rings is 2. The van der Waals surface area contributed by atoms with Gasteiger partial charge in [-0.2, -0.15) is 0 Å². The lowest BCUT2D eigenvalue weighted by molar-refractivity contribution is 0.590. The van der Waals surface area contributed by atoms with Gasteiger partial charge in [-0.3, -0.25) is 0 Å². The van der Waals surface area contributed by atoms with Crippen LogP contribution in [0.5, 0.6) is 0 Å². The van der Waals surface area contributed by atoms with Crippen LogP contribution in [0.25, 0.3) is 22.6 Å². The molecule has 0 saturated carbocycles. The zero-order chi connectivity index (χ0) is 16.4. The molecule has 0 radical (unpaired) electrons. The molecule has 23 heavy (non-hydrogen) atoms. The number of aryl methyl sites for hydroxylation is 1. The van der Waals surface area contributed by atoms with Crippen LogP contribution in [0.4, 0.5) is 0 Å². The normalized spacial score (nSPS) is 11.5. The van der Waals surface area contributed by atoms with Crippen molar-refractivity contribution in [2.24, 2.45) is 0 Å². The van der Waals surface area contributed by atoms with Gasteiger partial charge in [0, 0.05) is 17.3 Å². The van der Waals surface area contributed by atoms with Gasteiger partial charge in [-0.1, -0.05) is 69.3 Å². The molecule has 1 aromatic heterocycles. The van der Waals surface area contributed by atoms with E-state index in [1.165, 1.54) is 11.1 Å². The Morgan fingerprint density at radius 2 is 1.52 bits per heavy atom. The Kier molecular flexibility index (Phi) is 3.99. The van der Waals surface area contributed by atoms with Crippen molar-refractivity contribution in [1.29, 1.82) is 0 Å². The van der Waals surface area contributed by atoms with E-state index in [2.05, 4.69) is 69.1 Å². The second-order valence-corrected chi connectivity index (χ2v) is 6.91. The number of hydrogen-bond acceptors (Lipinski definition) is 2. The summed E-state index contributed by atoms with van der Waals surface area (Å²) in [6.07, 6.45) is 1.84. The average Bonchev–Trinajstić information content (AvgIpc) is 2.55. The van der Waals surface area contributed by atoms with E-state index in [4.69, 9.17) is 4.98 Å². The van der Waals surface area contributed by atoms with E-state index in [0.717, 1.165) is 22.6 Å². The maximum atomic E-state index is 4.75. The molecular formula is C21H22N2. The fourth-order valence-electron chi connectivity index (χ4n) is 2.61.